The van der Waals surface area contributed by atoms with E-state index >= 15 is 0 Å². The molecule has 5 N–H and O–H groups in total. The molecule has 0 aliphatic heterocycles. The van der Waals surface area contributed by atoms with E-state index in [1.165, 1.54) is 6.07 Å². The summed E-state index contributed by atoms with van der Waals surface area (Å²) in [5.74, 6) is 0. The summed E-state index contributed by atoms with van der Waals surface area (Å²) in [6.45, 7) is 4.26. The Morgan fingerprint density at radius 2 is 2.05 bits per heavy atom. The highest BCUT2D eigenvalue weighted by Crippen LogP contribution is 2.44. The number of hydrogen-bond donors (Lipinski definition) is 3. The lowest BCUT2D eigenvalue weighted by molar-refractivity contribution is -0.0794. The maximum absolute atomic E-state index is 11.3. The monoisotopic (exact) mass is 299 g/mol. The normalized spacial score (nSPS) is 25.0. The van der Waals surface area contributed by atoms with E-state index in [9.17, 15) is 8.42 Å². The number of anilines is 2. The Balaban J connectivity index is 2.15. The molecule has 112 valence electrons. The fourth-order valence-electron chi connectivity index (χ4n) is 2.63. The summed E-state index contributed by atoms with van der Waals surface area (Å²) in [6.07, 6.45) is 1.13. The number of nitrogens with one attached hydrogen (secondary N) is 1. The van der Waals surface area contributed by atoms with E-state index in [2.05, 4.69) is 19.2 Å². The Morgan fingerprint density at radius 1 is 1.40 bits per heavy atom. The number of methoxy groups -OCH3 is 1. The minimum Gasteiger partial charge on any atom is -0.398 e. The maximum Gasteiger partial charge on any atom is 0.240 e. The molecule has 2 atom stereocenters. The highest BCUT2D eigenvalue weighted by Gasteiger charge is 2.48. The summed E-state index contributed by atoms with van der Waals surface area (Å²) >= 11 is 0. The minimum atomic E-state index is -3.78. The molecule has 1 fully saturated rings. The molecule has 0 aromatic heterocycles. The Labute approximate surface area is 119 Å². The van der Waals surface area contributed by atoms with Gasteiger partial charge in [0.15, 0.2) is 0 Å². The molecule has 0 radical (unpaired) electrons. The van der Waals surface area contributed by atoms with Crippen LogP contribution in [0.25, 0.3) is 0 Å². The van der Waals surface area contributed by atoms with Crippen molar-refractivity contribution >= 4 is 21.4 Å². The zero-order valence-corrected chi connectivity index (χ0v) is 12.7. The Hall–Kier alpha value is -1.31. The van der Waals surface area contributed by atoms with Crippen LogP contribution in [-0.2, 0) is 14.8 Å². The van der Waals surface area contributed by atoms with E-state index in [4.69, 9.17) is 15.6 Å². The summed E-state index contributed by atoms with van der Waals surface area (Å²) < 4.78 is 28.0. The molecule has 6 nitrogen and oxygen atoms in total. The van der Waals surface area contributed by atoms with Crippen molar-refractivity contribution in [3.8, 4) is 0 Å². The number of nitrogens with two attached hydrogens (primary N) is 2. The van der Waals surface area contributed by atoms with Crippen molar-refractivity contribution in [2.75, 3.05) is 18.2 Å². The van der Waals surface area contributed by atoms with Gasteiger partial charge in [-0.25, -0.2) is 13.6 Å². The molecule has 0 amide bonds. The third-order valence-corrected chi connectivity index (χ3v) is 5.10. The maximum atomic E-state index is 11.3. The van der Waals surface area contributed by atoms with E-state index < -0.39 is 10.0 Å². The molecule has 2 unspecified atom stereocenters. The SMILES string of the molecule is COC1CC(Nc2ccc(S(N)(=O)=O)c(N)c2)C1(C)C. The van der Waals surface area contributed by atoms with Gasteiger partial charge in [0, 0.05) is 24.3 Å². The first-order valence-corrected chi connectivity index (χ1v) is 7.92. The Bertz CT molecular complexity index is 613. The van der Waals surface area contributed by atoms with Crippen molar-refractivity contribution in [1.29, 1.82) is 0 Å². The van der Waals surface area contributed by atoms with E-state index in [0.717, 1.165) is 12.1 Å². The van der Waals surface area contributed by atoms with Crippen molar-refractivity contribution in [3.63, 3.8) is 0 Å². The number of nitrogen functional groups attached to an aromatic ring is 1. The molecule has 1 aliphatic carbocycles. The van der Waals surface area contributed by atoms with Crippen LogP contribution in [0, 0.1) is 5.41 Å². The van der Waals surface area contributed by atoms with Crippen LogP contribution in [0.2, 0.25) is 0 Å². The number of ether oxygens (including phenoxy) is 1. The smallest absolute Gasteiger partial charge is 0.240 e. The average Bonchev–Trinajstić information content (AvgIpc) is 2.32. The average molecular weight is 299 g/mol. The van der Waals surface area contributed by atoms with Gasteiger partial charge in [-0.15, -0.1) is 0 Å². The second kappa shape index (κ2) is 4.91. The number of rotatable bonds is 4. The molecule has 0 heterocycles. The standard InChI is InChI=1S/C13H21N3O3S/c1-13(2)11(7-12(13)19-3)16-8-4-5-10(9(14)6-8)20(15,17)18/h4-6,11-12,16H,7,14H2,1-3H3,(H2,15,17,18). The fraction of sp³-hybridized carbons (Fsp3) is 0.538. The van der Waals surface area contributed by atoms with Crippen LogP contribution in [0.3, 0.4) is 0 Å². The second-order valence-corrected chi connectivity index (χ2v) is 7.31. The van der Waals surface area contributed by atoms with Gasteiger partial charge in [0.2, 0.25) is 10.0 Å². The van der Waals surface area contributed by atoms with Gasteiger partial charge in [0.25, 0.3) is 0 Å². The molecule has 0 saturated heterocycles. The Kier molecular flexibility index (Phi) is 3.70. The van der Waals surface area contributed by atoms with Gasteiger partial charge in [-0.3, -0.25) is 0 Å². The Morgan fingerprint density at radius 3 is 2.50 bits per heavy atom. The largest absolute Gasteiger partial charge is 0.398 e. The summed E-state index contributed by atoms with van der Waals surface area (Å²) in [5, 5.41) is 8.44. The number of benzene rings is 1. The molecule has 1 aliphatic rings. The zero-order chi connectivity index (χ0) is 15.1. The summed E-state index contributed by atoms with van der Waals surface area (Å²) in [7, 11) is -2.07. The molecule has 2 rings (SSSR count). The highest BCUT2D eigenvalue weighted by molar-refractivity contribution is 7.89. The lowest BCUT2D eigenvalue weighted by Gasteiger charge is -2.51. The lowest BCUT2D eigenvalue weighted by Crippen LogP contribution is -2.57. The quantitative estimate of drug-likeness (QED) is 0.723. The molecule has 1 aromatic rings. The third kappa shape index (κ3) is 2.61. The van der Waals surface area contributed by atoms with Crippen LogP contribution in [0.15, 0.2) is 23.1 Å². The van der Waals surface area contributed by atoms with Gasteiger partial charge >= 0.3 is 0 Å². The molecule has 7 heteroatoms. The number of sulfonamides is 1. The molecular weight excluding hydrogens is 278 g/mol. The van der Waals surface area contributed by atoms with Gasteiger partial charge in [0.05, 0.1) is 11.8 Å². The van der Waals surface area contributed by atoms with Crippen LogP contribution in [0.4, 0.5) is 11.4 Å². The highest BCUT2D eigenvalue weighted by atomic mass is 32.2. The first-order valence-electron chi connectivity index (χ1n) is 6.38. The van der Waals surface area contributed by atoms with Crippen molar-refractivity contribution in [1.82, 2.24) is 0 Å². The van der Waals surface area contributed by atoms with E-state index in [1.54, 1.807) is 19.2 Å². The molecule has 0 bridgehead atoms. The first kappa shape index (κ1) is 15.1. The predicted molar refractivity (Wildman–Crippen MR) is 78.8 cm³/mol. The summed E-state index contributed by atoms with van der Waals surface area (Å²) in [5.41, 5.74) is 6.69. The van der Waals surface area contributed by atoms with Crippen LogP contribution >= 0.6 is 0 Å². The van der Waals surface area contributed by atoms with Gasteiger partial charge in [-0.1, -0.05) is 13.8 Å². The van der Waals surface area contributed by atoms with E-state index in [0.29, 0.717) is 0 Å². The van der Waals surface area contributed by atoms with Crippen LogP contribution < -0.4 is 16.2 Å². The molecule has 1 aromatic carbocycles. The topological polar surface area (TPSA) is 107 Å². The van der Waals surface area contributed by atoms with Crippen molar-refractivity contribution < 1.29 is 13.2 Å². The van der Waals surface area contributed by atoms with Crippen LogP contribution in [0.5, 0.6) is 0 Å². The second-order valence-electron chi connectivity index (χ2n) is 5.78. The molecular formula is C13H21N3O3S. The van der Waals surface area contributed by atoms with Crippen LogP contribution in [-0.4, -0.2) is 27.7 Å². The fourth-order valence-corrected chi connectivity index (χ4v) is 3.27. The van der Waals surface area contributed by atoms with Crippen molar-refractivity contribution in [2.45, 2.75) is 37.3 Å². The third-order valence-electron chi connectivity index (χ3n) is 4.12. The minimum absolute atomic E-state index is 0.0160. The van der Waals surface area contributed by atoms with Gasteiger partial charge in [-0.05, 0) is 24.6 Å². The van der Waals surface area contributed by atoms with Gasteiger partial charge in [0.1, 0.15) is 4.90 Å². The summed E-state index contributed by atoms with van der Waals surface area (Å²) in [4.78, 5) is -0.0503. The number of hydrogen-bond acceptors (Lipinski definition) is 5. The van der Waals surface area contributed by atoms with Gasteiger partial charge in [-0.2, -0.15) is 0 Å². The zero-order valence-electron chi connectivity index (χ0n) is 11.9. The van der Waals surface area contributed by atoms with Crippen molar-refractivity contribution in [3.05, 3.63) is 18.2 Å². The molecule has 0 spiro atoms. The number of primary sulfonamides is 1. The molecule has 20 heavy (non-hydrogen) atoms. The van der Waals surface area contributed by atoms with Gasteiger partial charge < -0.3 is 15.8 Å². The van der Waals surface area contributed by atoms with E-state index in [1.807, 2.05) is 0 Å². The molecule has 1 saturated carbocycles. The predicted octanol–water partition coefficient (Wildman–Crippen LogP) is 1.14. The first-order chi connectivity index (χ1) is 9.16. The van der Waals surface area contributed by atoms with E-state index in [-0.39, 0.29) is 28.1 Å². The lowest BCUT2D eigenvalue weighted by atomic mass is 9.64. The summed E-state index contributed by atoms with van der Waals surface area (Å²) in [6, 6.07) is 4.95. The van der Waals surface area contributed by atoms with Crippen LogP contribution in [0.1, 0.15) is 20.3 Å². The van der Waals surface area contributed by atoms with Crippen molar-refractivity contribution in [2.24, 2.45) is 10.6 Å².